The standard InChI is InChI=1S/C10H12ClN3O/c11-7-3-5-13-9(6-7)14-10(15)8-2-1-4-12-8/h3,5-6,8,12H,1-2,4H2,(H,13,14,15)/t8-/m1/s1. The molecular weight excluding hydrogens is 214 g/mol. The summed E-state index contributed by atoms with van der Waals surface area (Å²) in [7, 11) is 0. The number of anilines is 1. The molecule has 1 aromatic rings. The quantitative estimate of drug-likeness (QED) is 0.801. The second-order valence-electron chi connectivity index (χ2n) is 3.50. The highest BCUT2D eigenvalue weighted by Gasteiger charge is 2.21. The smallest absolute Gasteiger partial charge is 0.242 e. The van der Waals surface area contributed by atoms with Crippen LogP contribution in [0, 0.1) is 0 Å². The predicted octanol–water partition coefficient (Wildman–Crippen LogP) is 1.43. The number of rotatable bonds is 2. The summed E-state index contributed by atoms with van der Waals surface area (Å²) in [6, 6.07) is 3.21. The Labute approximate surface area is 93.0 Å². The molecule has 2 heterocycles. The number of halogens is 1. The number of hydrogen-bond acceptors (Lipinski definition) is 3. The molecule has 1 aromatic heterocycles. The van der Waals surface area contributed by atoms with Gasteiger partial charge in [0.05, 0.1) is 6.04 Å². The topological polar surface area (TPSA) is 54.0 Å². The van der Waals surface area contributed by atoms with E-state index in [0.717, 1.165) is 19.4 Å². The number of carbonyl (C=O) groups excluding carboxylic acids is 1. The highest BCUT2D eigenvalue weighted by molar-refractivity contribution is 6.30. The van der Waals surface area contributed by atoms with Gasteiger partial charge in [0.25, 0.3) is 0 Å². The fraction of sp³-hybridized carbons (Fsp3) is 0.400. The van der Waals surface area contributed by atoms with Crippen molar-refractivity contribution in [2.75, 3.05) is 11.9 Å². The third kappa shape index (κ3) is 2.67. The summed E-state index contributed by atoms with van der Waals surface area (Å²) in [6.45, 7) is 0.904. The maximum atomic E-state index is 11.7. The van der Waals surface area contributed by atoms with Crippen LogP contribution in [0.2, 0.25) is 5.02 Å². The first-order valence-corrected chi connectivity index (χ1v) is 5.29. The van der Waals surface area contributed by atoms with Crippen molar-refractivity contribution in [2.45, 2.75) is 18.9 Å². The lowest BCUT2D eigenvalue weighted by Gasteiger charge is -2.10. The first kappa shape index (κ1) is 10.4. The van der Waals surface area contributed by atoms with Gasteiger partial charge in [-0.2, -0.15) is 0 Å². The lowest BCUT2D eigenvalue weighted by Crippen LogP contribution is -2.35. The van der Waals surface area contributed by atoms with Crippen molar-refractivity contribution in [3.8, 4) is 0 Å². The van der Waals surface area contributed by atoms with E-state index in [4.69, 9.17) is 11.6 Å². The molecule has 0 bridgehead atoms. The molecule has 1 atom stereocenters. The molecule has 1 aliphatic rings. The summed E-state index contributed by atoms with van der Waals surface area (Å²) in [5, 5.41) is 6.42. The van der Waals surface area contributed by atoms with E-state index < -0.39 is 0 Å². The average Bonchev–Trinajstić information content (AvgIpc) is 2.70. The van der Waals surface area contributed by atoms with Crippen molar-refractivity contribution < 1.29 is 4.79 Å². The number of aromatic nitrogens is 1. The molecule has 80 valence electrons. The number of nitrogens with zero attached hydrogens (tertiary/aromatic N) is 1. The molecule has 0 spiro atoms. The molecule has 2 rings (SSSR count). The molecule has 0 aliphatic carbocycles. The Kier molecular flexibility index (Phi) is 3.18. The zero-order valence-electron chi connectivity index (χ0n) is 8.16. The van der Waals surface area contributed by atoms with Gasteiger partial charge >= 0.3 is 0 Å². The van der Waals surface area contributed by atoms with Gasteiger partial charge in [-0.1, -0.05) is 11.6 Å². The maximum absolute atomic E-state index is 11.7. The Morgan fingerprint density at radius 3 is 3.20 bits per heavy atom. The number of carbonyl (C=O) groups is 1. The van der Waals surface area contributed by atoms with Crippen LogP contribution in [-0.4, -0.2) is 23.5 Å². The van der Waals surface area contributed by atoms with Crippen molar-refractivity contribution in [1.29, 1.82) is 0 Å². The number of pyridine rings is 1. The summed E-state index contributed by atoms with van der Waals surface area (Å²) in [5.74, 6) is 0.462. The van der Waals surface area contributed by atoms with Crippen LogP contribution in [0.15, 0.2) is 18.3 Å². The number of nitrogens with one attached hydrogen (secondary N) is 2. The zero-order chi connectivity index (χ0) is 10.7. The van der Waals surface area contributed by atoms with Crippen molar-refractivity contribution in [1.82, 2.24) is 10.3 Å². The van der Waals surface area contributed by atoms with Crippen LogP contribution in [0.3, 0.4) is 0 Å². The molecule has 4 nitrogen and oxygen atoms in total. The summed E-state index contributed by atoms with van der Waals surface area (Å²) >= 11 is 5.78. The minimum absolute atomic E-state index is 0.0396. The second kappa shape index (κ2) is 4.59. The van der Waals surface area contributed by atoms with E-state index in [0.29, 0.717) is 10.8 Å². The van der Waals surface area contributed by atoms with Crippen LogP contribution in [-0.2, 0) is 4.79 Å². The van der Waals surface area contributed by atoms with Crippen LogP contribution >= 0.6 is 11.6 Å². The van der Waals surface area contributed by atoms with Crippen LogP contribution < -0.4 is 10.6 Å². The summed E-state index contributed by atoms with van der Waals surface area (Å²) in [4.78, 5) is 15.7. The van der Waals surface area contributed by atoms with Gasteiger partial charge in [-0.15, -0.1) is 0 Å². The molecule has 15 heavy (non-hydrogen) atoms. The Bertz CT molecular complexity index is 363. The fourth-order valence-corrected chi connectivity index (χ4v) is 1.75. The van der Waals surface area contributed by atoms with E-state index in [1.807, 2.05) is 0 Å². The van der Waals surface area contributed by atoms with E-state index in [2.05, 4.69) is 15.6 Å². The summed E-state index contributed by atoms with van der Waals surface area (Å²) in [5.41, 5.74) is 0. The van der Waals surface area contributed by atoms with Crippen molar-refractivity contribution in [3.05, 3.63) is 23.4 Å². The van der Waals surface area contributed by atoms with Gasteiger partial charge in [-0.25, -0.2) is 4.98 Å². The molecule has 1 aliphatic heterocycles. The van der Waals surface area contributed by atoms with Gasteiger partial charge in [0, 0.05) is 11.2 Å². The molecule has 0 radical (unpaired) electrons. The van der Waals surface area contributed by atoms with E-state index in [1.165, 1.54) is 0 Å². The normalized spacial score (nSPS) is 20.2. The van der Waals surface area contributed by atoms with Crippen molar-refractivity contribution in [3.63, 3.8) is 0 Å². The van der Waals surface area contributed by atoms with Gasteiger partial charge in [-0.05, 0) is 31.5 Å². The molecule has 1 fully saturated rings. The lowest BCUT2D eigenvalue weighted by atomic mass is 10.2. The van der Waals surface area contributed by atoms with E-state index in [9.17, 15) is 4.79 Å². The molecule has 1 amide bonds. The van der Waals surface area contributed by atoms with Crippen LogP contribution in [0.1, 0.15) is 12.8 Å². The Morgan fingerprint density at radius 1 is 1.67 bits per heavy atom. The predicted molar refractivity (Wildman–Crippen MR) is 58.9 cm³/mol. The summed E-state index contributed by atoms with van der Waals surface area (Å²) in [6.07, 6.45) is 3.49. The monoisotopic (exact) mass is 225 g/mol. The van der Waals surface area contributed by atoms with E-state index in [1.54, 1.807) is 18.3 Å². The molecular formula is C10H12ClN3O. The molecule has 2 N–H and O–H groups in total. The van der Waals surface area contributed by atoms with E-state index >= 15 is 0 Å². The van der Waals surface area contributed by atoms with E-state index in [-0.39, 0.29) is 11.9 Å². The first-order chi connectivity index (χ1) is 7.25. The molecule has 5 heteroatoms. The van der Waals surface area contributed by atoms with Crippen LogP contribution in [0.4, 0.5) is 5.82 Å². The third-order valence-corrected chi connectivity index (χ3v) is 2.59. The zero-order valence-corrected chi connectivity index (χ0v) is 8.92. The maximum Gasteiger partial charge on any atom is 0.242 e. The van der Waals surface area contributed by atoms with Gasteiger partial charge in [0.1, 0.15) is 5.82 Å². The van der Waals surface area contributed by atoms with Crippen molar-refractivity contribution >= 4 is 23.3 Å². The minimum atomic E-state index is -0.0919. The average molecular weight is 226 g/mol. The minimum Gasteiger partial charge on any atom is -0.309 e. The Balaban J connectivity index is 1.99. The van der Waals surface area contributed by atoms with Crippen molar-refractivity contribution in [2.24, 2.45) is 0 Å². The largest absolute Gasteiger partial charge is 0.309 e. The fourth-order valence-electron chi connectivity index (χ4n) is 1.59. The van der Waals surface area contributed by atoms with Crippen LogP contribution in [0.5, 0.6) is 0 Å². The SMILES string of the molecule is O=C(Nc1cc(Cl)ccn1)[C@H]1CCCN1. The van der Waals surface area contributed by atoms with Gasteiger partial charge in [0.2, 0.25) is 5.91 Å². The third-order valence-electron chi connectivity index (χ3n) is 2.35. The molecule has 0 unspecified atom stereocenters. The van der Waals surface area contributed by atoms with Gasteiger partial charge < -0.3 is 10.6 Å². The van der Waals surface area contributed by atoms with Crippen LogP contribution in [0.25, 0.3) is 0 Å². The second-order valence-corrected chi connectivity index (χ2v) is 3.93. The lowest BCUT2D eigenvalue weighted by molar-refractivity contribution is -0.117. The Hall–Kier alpha value is -1.13. The highest BCUT2D eigenvalue weighted by Crippen LogP contribution is 2.13. The highest BCUT2D eigenvalue weighted by atomic mass is 35.5. The first-order valence-electron chi connectivity index (χ1n) is 4.91. The molecule has 0 aromatic carbocycles. The molecule has 1 saturated heterocycles. The number of hydrogen-bond donors (Lipinski definition) is 2. The van der Waals surface area contributed by atoms with Gasteiger partial charge in [0.15, 0.2) is 0 Å². The van der Waals surface area contributed by atoms with Gasteiger partial charge in [-0.3, -0.25) is 4.79 Å². The molecule has 0 saturated carbocycles. The Morgan fingerprint density at radius 2 is 2.53 bits per heavy atom. The summed E-state index contributed by atoms with van der Waals surface area (Å²) < 4.78 is 0. The number of amides is 1.